The van der Waals surface area contributed by atoms with Crippen LogP contribution in [0.25, 0.3) is 0 Å². The Morgan fingerprint density at radius 1 is 1.56 bits per heavy atom. The average molecular weight is 267 g/mol. The van der Waals surface area contributed by atoms with Gasteiger partial charge in [0, 0.05) is 11.9 Å². The third-order valence-corrected chi connectivity index (χ3v) is 4.48. The van der Waals surface area contributed by atoms with E-state index in [2.05, 4.69) is 17.2 Å². The number of thiazole rings is 1. The topological polar surface area (TPSA) is 68.0 Å². The van der Waals surface area contributed by atoms with Crippen LogP contribution >= 0.6 is 11.3 Å². The number of nitrogen functional groups attached to an aromatic ring is 1. The summed E-state index contributed by atoms with van der Waals surface area (Å²) in [5.74, 6) is 1.43. The average Bonchev–Trinajstić information content (AvgIpc) is 2.74. The number of hydrogen-bond acceptors (Lipinski definition) is 4. The van der Waals surface area contributed by atoms with Crippen LogP contribution in [0.1, 0.15) is 38.3 Å². The number of amides is 1. The van der Waals surface area contributed by atoms with Gasteiger partial charge in [-0.05, 0) is 18.3 Å². The molecule has 0 radical (unpaired) electrons. The normalized spacial score (nSPS) is 23.8. The molecular weight excluding hydrogens is 246 g/mol. The minimum Gasteiger partial charge on any atom is -0.375 e. The second kappa shape index (κ2) is 6.18. The number of rotatable bonds is 4. The maximum absolute atomic E-state index is 11.8. The van der Waals surface area contributed by atoms with Crippen LogP contribution in [0.5, 0.6) is 0 Å². The largest absolute Gasteiger partial charge is 0.375 e. The van der Waals surface area contributed by atoms with Crippen molar-refractivity contribution < 1.29 is 4.79 Å². The number of hydrogen-bond donors (Lipinski definition) is 2. The van der Waals surface area contributed by atoms with Gasteiger partial charge in [0.15, 0.2) is 5.13 Å². The first-order valence-electron chi connectivity index (χ1n) is 6.61. The molecule has 1 saturated carbocycles. The second-order valence-corrected chi connectivity index (χ2v) is 6.07. The molecule has 4 nitrogen and oxygen atoms in total. The van der Waals surface area contributed by atoms with Crippen LogP contribution in [0.2, 0.25) is 0 Å². The van der Waals surface area contributed by atoms with Gasteiger partial charge in [-0.3, -0.25) is 4.79 Å². The zero-order valence-corrected chi connectivity index (χ0v) is 11.6. The Labute approximate surface area is 112 Å². The first-order valence-corrected chi connectivity index (χ1v) is 7.49. The maximum atomic E-state index is 11.8. The van der Waals surface area contributed by atoms with E-state index in [0.717, 1.165) is 18.2 Å². The Balaban J connectivity index is 1.74. The van der Waals surface area contributed by atoms with Crippen molar-refractivity contribution in [2.75, 3.05) is 12.3 Å². The van der Waals surface area contributed by atoms with Gasteiger partial charge in [0.25, 0.3) is 0 Å². The monoisotopic (exact) mass is 267 g/mol. The number of nitrogens with two attached hydrogens (primary N) is 1. The van der Waals surface area contributed by atoms with E-state index in [4.69, 9.17) is 5.73 Å². The fourth-order valence-electron chi connectivity index (χ4n) is 2.57. The van der Waals surface area contributed by atoms with Crippen molar-refractivity contribution in [3.05, 3.63) is 11.1 Å². The van der Waals surface area contributed by atoms with Crippen molar-refractivity contribution in [3.63, 3.8) is 0 Å². The zero-order chi connectivity index (χ0) is 13.0. The number of nitrogens with one attached hydrogen (secondary N) is 1. The molecule has 100 valence electrons. The molecule has 1 aromatic heterocycles. The molecular formula is C13H21N3OS. The Bertz CT molecular complexity index is 405. The van der Waals surface area contributed by atoms with Gasteiger partial charge in [-0.1, -0.05) is 26.2 Å². The fourth-order valence-corrected chi connectivity index (χ4v) is 3.13. The van der Waals surface area contributed by atoms with Crippen molar-refractivity contribution in [2.24, 2.45) is 11.8 Å². The van der Waals surface area contributed by atoms with E-state index >= 15 is 0 Å². The second-order valence-electron chi connectivity index (χ2n) is 5.18. The minimum absolute atomic E-state index is 0.0538. The lowest BCUT2D eigenvalue weighted by Gasteiger charge is -2.28. The summed E-state index contributed by atoms with van der Waals surface area (Å²) in [6.07, 6.45) is 5.51. The van der Waals surface area contributed by atoms with Crippen molar-refractivity contribution in [3.8, 4) is 0 Å². The van der Waals surface area contributed by atoms with Crippen LogP contribution in [0.15, 0.2) is 5.38 Å². The molecule has 2 atom stereocenters. The Hall–Kier alpha value is -1.10. The summed E-state index contributed by atoms with van der Waals surface area (Å²) in [7, 11) is 0. The third kappa shape index (κ3) is 3.70. The molecule has 1 aromatic rings. The van der Waals surface area contributed by atoms with E-state index in [-0.39, 0.29) is 5.91 Å². The molecule has 1 aliphatic rings. The number of aromatic nitrogens is 1. The lowest BCUT2D eigenvalue weighted by atomic mass is 9.80. The van der Waals surface area contributed by atoms with Crippen LogP contribution in [-0.2, 0) is 11.2 Å². The van der Waals surface area contributed by atoms with Crippen LogP contribution in [0, 0.1) is 11.8 Å². The summed E-state index contributed by atoms with van der Waals surface area (Å²) in [5, 5.41) is 5.40. The fraction of sp³-hybridized carbons (Fsp3) is 0.692. The van der Waals surface area contributed by atoms with Gasteiger partial charge in [-0.15, -0.1) is 11.3 Å². The van der Waals surface area contributed by atoms with E-state index in [0.29, 0.717) is 17.5 Å². The number of nitrogens with zero attached hydrogens (tertiary/aromatic N) is 1. The summed E-state index contributed by atoms with van der Waals surface area (Å²) in [6.45, 7) is 3.09. The molecule has 18 heavy (non-hydrogen) atoms. The van der Waals surface area contributed by atoms with E-state index in [1.165, 1.54) is 37.0 Å². The first-order chi connectivity index (χ1) is 8.65. The van der Waals surface area contributed by atoms with Gasteiger partial charge in [-0.25, -0.2) is 4.98 Å². The van der Waals surface area contributed by atoms with Gasteiger partial charge >= 0.3 is 0 Å². The Morgan fingerprint density at radius 3 is 3.00 bits per heavy atom. The van der Waals surface area contributed by atoms with Gasteiger partial charge < -0.3 is 11.1 Å². The predicted octanol–water partition coefficient (Wildman–Crippen LogP) is 2.21. The highest BCUT2D eigenvalue weighted by Gasteiger charge is 2.21. The smallest absolute Gasteiger partial charge is 0.226 e. The zero-order valence-electron chi connectivity index (χ0n) is 10.8. The molecule has 1 heterocycles. The van der Waals surface area contributed by atoms with Gasteiger partial charge in [-0.2, -0.15) is 0 Å². The molecule has 1 amide bonds. The summed E-state index contributed by atoms with van der Waals surface area (Å²) in [5.41, 5.74) is 6.31. The third-order valence-electron chi connectivity index (χ3n) is 3.76. The number of anilines is 1. The maximum Gasteiger partial charge on any atom is 0.226 e. The molecule has 3 N–H and O–H groups in total. The summed E-state index contributed by atoms with van der Waals surface area (Å²) in [4.78, 5) is 15.9. The van der Waals surface area contributed by atoms with Crippen LogP contribution in [-0.4, -0.2) is 17.4 Å². The molecule has 0 spiro atoms. The van der Waals surface area contributed by atoms with Gasteiger partial charge in [0.05, 0.1) is 12.1 Å². The molecule has 0 aliphatic heterocycles. The minimum atomic E-state index is 0.0538. The molecule has 2 rings (SSSR count). The SMILES string of the molecule is CC1CCCCC1CNC(=O)Cc1csc(N)n1. The summed E-state index contributed by atoms with van der Waals surface area (Å²) in [6, 6.07) is 0. The van der Waals surface area contributed by atoms with Crippen molar-refractivity contribution in [2.45, 2.75) is 39.0 Å². The van der Waals surface area contributed by atoms with Crippen LogP contribution < -0.4 is 11.1 Å². The number of carbonyl (C=O) groups excluding carboxylic acids is 1. The highest BCUT2D eigenvalue weighted by molar-refractivity contribution is 7.13. The first kappa shape index (κ1) is 13.3. The lowest BCUT2D eigenvalue weighted by molar-refractivity contribution is -0.120. The van der Waals surface area contributed by atoms with Crippen molar-refractivity contribution >= 4 is 22.4 Å². The standard InChI is InChI=1S/C13H21N3OS/c1-9-4-2-3-5-10(9)7-15-12(17)6-11-8-18-13(14)16-11/h8-10H,2-7H2,1H3,(H2,14,16)(H,15,17). The quantitative estimate of drug-likeness (QED) is 0.879. The lowest BCUT2D eigenvalue weighted by Crippen LogP contribution is -2.34. The molecule has 5 heteroatoms. The molecule has 1 fully saturated rings. The van der Waals surface area contributed by atoms with Crippen molar-refractivity contribution in [1.29, 1.82) is 0 Å². The molecule has 0 aromatic carbocycles. The molecule has 0 bridgehead atoms. The molecule has 0 saturated heterocycles. The Kier molecular flexibility index (Phi) is 4.58. The molecule has 2 unspecified atom stereocenters. The van der Waals surface area contributed by atoms with E-state index in [9.17, 15) is 4.79 Å². The van der Waals surface area contributed by atoms with E-state index < -0.39 is 0 Å². The number of carbonyl (C=O) groups is 1. The summed E-state index contributed by atoms with van der Waals surface area (Å²) < 4.78 is 0. The van der Waals surface area contributed by atoms with Crippen LogP contribution in [0.3, 0.4) is 0 Å². The predicted molar refractivity (Wildman–Crippen MR) is 74.4 cm³/mol. The summed E-state index contributed by atoms with van der Waals surface area (Å²) >= 11 is 1.38. The van der Waals surface area contributed by atoms with Crippen molar-refractivity contribution in [1.82, 2.24) is 10.3 Å². The van der Waals surface area contributed by atoms with Gasteiger partial charge in [0.2, 0.25) is 5.91 Å². The molecule has 1 aliphatic carbocycles. The highest BCUT2D eigenvalue weighted by Crippen LogP contribution is 2.28. The highest BCUT2D eigenvalue weighted by atomic mass is 32.1. The Morgan fingerprint density at radius 2 is 2.33 bits per heavy atom. The van der Waals surface area contributed by atoms with Crippen LogP contribution in [0.4, 0.5) is 5.13 Å². The van der Waals surface area contributed by atoms with E-state index in [1.807, 2.05) is 5.38 Å². The van der Waals surface area contributed by atoms with E-state index in [1.54, 1.807) is 0 Å². The van der Waals surface area contributed by atoms with Gasteiger partial charge in [0.1, 0.15) is 0 Å².